The van der Waals surface area contributed by atoms with Gasteiger partial charge >= 0.3 is 6.09 Å². The van der Waals surface area contributed by atoms with Gasteiger partial charge in [0, 0.05) is 32.1 Å². The van der Waals surface area contributed by atoms with Gasteiger partial charge in [-0.2, -0.15) is 0 Å². The van der Waals surface area contributed by atoms with Crippen LogP contribution in [-0.4, -0.2) is 59.5 Å². The van der Waals surface area contributed by atoms with E-state index in [0.29, 0.717) is 37.9 Å². The molecule has 0 saturated carbocycles. The van der Waals surface area contributed by atoms with E-state index in [1.54, 1.807) is 4.90 Å². The molecule has 0 aromatic carbocycles. The molecule has 0 radical (unpaired) electrons. The molecule has 0 aliphatic carbocycles. The van der Waals surface area contributed by atoms with Crippen molar-refractivity contribution in [1.29, 1.82) is 0 Å². The number of amides is 1. The lowest BCUT2D eigenvalue weighted by Crippen LogP contribution is -2.58. The summed E-state index contributed by atoms with van der Waals surface area (Å²) in [5, 5.41) is 0. The van der Waals surface area contributed by atoms with Crippen LogP contribution < -0.4 is 0 Å². The number of nitrogens with zero attached hydrogens (tertiary/aromatic N) is 2. The number of ketones is 1. The van der Waals surface area contributed by atoms with Gasteiger partial charge in [0.1, 0.15) is 11.4 Å². The maximum atomic E-state index is 12.0. The summed E-state index contributed by atoms with van der Waals surface area (Å²) in [6.07, 6.45) is 1.26. The molecule has 0 unspecified atom stereocenters. The van der Waals surface area contributed by atoms with Gasteiger partial charge in [0.2, 0.25) is 0 Å². The minimum atomic E-state index is -0.448. The predicted molar refractivity (Wildman–Crippen MR) is 67.4 cm³/mol. The maximum absolute atomic E-state index is 12.0. The Morgan fingerprint density at radius 1 is 1.33 bits per heavy atom. The fraction of sp³-hybridized carbons (Fsp3) is 0.846. The molecule has 2 aliphatic heterocycles. The molecule has 1 amide bonds. The van der Waals surface area contributed by atoms with Crippen LogP contribution in [-0.2, 0) is 9.53 Å². The number of piperidine rings is 1. The molecule has 0 bridgehead atoms. The van der Waals surface area contributed by atoms with Crippen molar-refractivity contribution in [3.05, 3.63) is 0 Å². The Hall–Kier alpha value is -1.10. The van der Waals surface area contributed by atoms with Crippen LogP contribution >= 0.6 is 0 Å². The molecule has 2 heterocycles. The van der Waals surface area contributed by atoms with E-state index >= 15 is 0 Å². The molecule has 102 valence electrons. The molecule has 2 rings (SSSR count). The maximum Gasteiger partial charge on any atom is 0.410 e. The highest BCUT2D eigenvalue weighted by atomic mass is 16.6. The summed E-state index contributed by atoms with van der Waals surface area (Å²) in [5.41, 5.74) is -0.448. The van der Waals surface area contributed by atoms with Gasteiger partial charge in [-0.25, -0.2) is 4.79 Å². The number of hydrogen-bond donors (Lipinski definition) is 0. The zero-order chi connectivity index (χ0) is 13.3. The smallest absolute Gasteiger partial charge is 0.410 e. The first-order valence-corrected chi connectivity index (χ1v) is 6.59. The Morgan fingerprint density at radius 2 is 2.06 bits per heavy atom. The first-order chi connectivity index (χ1) is 8.35. The SMILES string of the molecule is CC(C)(C)OC(=O)N1CCN2CC(=O)CC[C@@H]2C1. The van der Waals surface area contributed by atoms with Gasteiger partial charge in [0.05, 0.1) is 6.54 Å². The Balaban J connectivity index is 1.91. The number of Topliss-reactive ketones (excluding diaryl/α,β-unsaturated/α-hetero) is 1. The first kappa shape index (κ1) is 13.3. The molecule has 5 heteroatoms. The summed E-state index contributed by atoms with van der Waals surface area (Å²) in [5.74, 6) is 0.317. The number of carbonyl (C=O) groups is 2. The normalized spacial score (nSPS) is 25.8. The van der Waals surface area contributed by atoms with Gasteiger partial charge in [-0.1, -0.05) is 0 Å². The standard InChI is InChI=1S/C13H22N2O3/c1-13(2,3)18-12(17)15-7-6-14-9-11(16)5-4-10(14)8-15/h10H,4-9H2,1-3H3/t10-/m1/s1. The van der Waals surface area contributed by atoms with E-state index in [4.69, 9.17) is 4.74 Å². The van der Waals surface area contributed by atoms with Crippen LogP contribution in [0.25, 0.3) is 0 Å². The third-order valence-corrected chi connectivity index (χ3v) is 3.39. The van der Waals surface area contributed by atoms with Gasteiger partial charge in [-0.15, -0.1) is 0 Å². The van der Waals surface area contributed by atoms with E-state index in [1.807, 2.05) is 20.8 Å². The third-order valence-electron chi connectivity index (χ3n) is 3.39. The van der Waals surface area contributed by atoms with E-state index in [0.717, 1.165) is 13.0 Å². The Kier molecular flexibility index (Phi) is 3.61. The van der Waals surface area contributed by atoms with E-state index in [9.17, 15) is 9.59 Å². The summed E-state index contributed by atoms with van der Waals surface area (Å²) in [6.45, 7) is 8.28. The highest BCUT2D eigenvalue weighted by molar-refractivity contribution is 5.81. The molecule has 0 spiro atoms. The van der Waals surface area contributed by atoms with Crippen molar-refractivity contribution in [3.8, 4) is 0 Å². The zero-order valence-corrected chi connectivity index (χ0v) is 11.4. The number of carbonyl (C=O) groups excluding carboxylic acids is 2. The van der Waals surface area contributed by atoms with Gasteiger partial charge in [0.15, 0.2) is 0 Å². The lowest BCUT2D eigenvalue weighted by atomic mass is 9.99. The van der Waals surface area contributed by atoms with Crippen molar-refractivity contribution in [1.82, 2.24) is 9.80 Å². The summed E-state index contributed by atoms with van der Waals surface area (Å²) >= 11 is 0. The zero-order valence-electron chi connectivity index (χ0n) is 11.4. The lowest BCUT2D eigenvalue weighted by molar-refractivity contribution is -0.124. The van der Waals surface area contributed by atoms with Crippen LogP contribution in [0.1, 0.15) is 33.6 Å². The van der Waals surface area contributed by atoms with Crippen molar-refractivity contribution in [2.24, 2.45) is 0 Å². The molecule has 1 atom stereocenters. The fourth-order valence-electron chi connectivity index (χ4n) is 2.50. The van der Waals surface area contributed by atoms with Crippen LogP contribution in [0, 0.1) is 0 Å². The second kappa shape index (κ2) is 4.88. The van der Waals surface area contributed by atoms with Crippen LogP contribution in [0.4, 0.5) is 4.79 Å². The highest BCUT2D eigenvalue weighted by Gasteiger charge is 2.34. The molecular weight excluding hydrogens is 232 g/mol. The fourth-order valence-corrected chi connectivity index (χ4v) is 2.50. The molecule has 0 aromatic heterocycles. The molecule has 2 saturated heterocycles. The van der Waals surface area contributed by atoms with Gasteiger partial charge in [-0.3, -0.25) is 9.69 Å². The van der Waals surface area contributed by atoms with Crippen molar-refractivity contribution < 1.29 is 14.3 Å². The highest BCUT2D eigenvalue weighted by Crippen LogP contribution is 2.21. The van der Waals surface area contributed by atoms with Crippen molar-refractivity contribution >= 4 is 11.9 Å². The van der Waals surface area contributed by atoms with E-state index in [1.165, 1.54) is 0 Å². The Morgan fingerprint density at radius 3 is 2.72 bits per heavy atom. The number of fused-ring (bicyclic) bond motifs is 1. The van der Waals surface area contributed by atoms with Crippen molar-refractivity contribution in [2.45, 2.75) is 45.3 Å². The summed E-state index contributed by atoms with van der Waals surface area (Å²) < 4.78 is 5.38. The Labute approximate surface area is 108 Å². The number of ether oxygens (including phenoxy) is 1. The predicted octanol–water partition coefficient (Wildman–Crippen LogP) is 1.27. The molecular formula is C13H22N2O3. The number of hydrogen-bond acceptors (Lipinski definition) is 4. The van der Waals surface area contributed by atoms with Crippen molar-refractivity contribution in [3.63, 3.8) is 0 Å². The molecule has 18 heavy (non-hydrogen) atoms. The largest absolute Gasteiger partial charge is 0.444 e. The Bertz CT molecular complexity index is 349. The van der Waals surface area contributed by atoms with E-state index in [-0.39, 0.29) is 6.09 Å². The average Bonchev–Trinajstić information content (AvgIpc) is 2.26. The monoisotopic (exact) mass is 254 g/mol. The summed E-state index contributed by atoms with van der Waals surface area (Å²) in [7, 11) is 0. The quantitative estimate of drug-likeness (QED) is 0.653. The van der Waals surface area contributed by atoms with Crippen LogP contribution in [0.2, 0.25) is 0 Å². The first-order valence-electron chi connectivity index (χ1n) is 6.59. The van der Waals surface area contributed by atoms with Gasteiger partial charge in [-0.05, 0) is 27.2 Å². The molecule has 0 N–H and O–H groups in total. The third kappa shape index (κ3) is 3.22. The van der Waals surface area contributed by atoms with Crippen LogP contribution in [0.3, 0.4) is 0 Å². The topological polar surface area (TPSA) is 49.9 Å². The summed E-state index contributed by atoms with van der Waals surface area (Å²) in [6, 6.07) is 0.323. The van der Waals surface area contributed by atoms with E-state index < -0.39 is 5.60 Å². The minimum absolute atomic E-state index is 0.237. The number of rotatable bonds is 0. The minimum Gasteiger partial charge on any atom is -0.444 e. The molecule has 5 nitrogen and oxygen atoms in total. The second-order valence-electron chi connectivity index (χ2n) is 6.13. The average molecular weight is 254 g/mol. The summed E-state index contributed by atoms with van der Waals surface area (Å²) in [4.78, 5) is 27.3. The van der Waals surface area contributed by atoms with Crippen LogP contribution in [0.15, 0.2) is 0 Å². The van der Waals surface area contributed by atoms with Crippen molar-refractivity contribution in [2.75, 3.05) is 26.2 Å². The number of piperazine rings is 1. The molecule has 2 fully saturated rings. The van der Waals surface area contributed by atoms with Crippen LogP contribution in [0.5, 0.6) is 0 Å². The van der Waals surface area contributed by atoms with Gasteiger partial charge < -0.3 is 9.64 Å². The molecule has 0 aromatic rings. The lowest BCUT2D eigenvalue weighted by Gasteiger charge is -2.43. The van der Waals surface area contributed by atoms with E-state index in [2.05, 4.69) is 4.90 Å². The van der Waals surface area contributed by atoms with Gasteiger partial charge in [0.25, 0.3) is 0 Å². The second-order valence-corrected chi connectivity index (χ2v) is 6.13. The molecule has 2 aliphatic rings.